The highest BCUT2D eigenvalue weighted by Gasteiger charge is 2.45. The summed E-state index contributed by atoms with van der Waals surface area (Å²) in [4.78, 5) is 6.77. The number of hydrogen-bond acceptors (Lipinski definition) is 3. The lowest BCUT2D eigenvalue weighted by molar-refractivity contribution is 0.590. The minimum Gasteiger partial charge on any atom is -0.311 e. The molecule has 2 aliphatic heterocycles. The van der Waals surface area contributed by atoms with Crippen molar-refractivity contribution in [3.8, 4) is 22.3 Å². The number of para-hydroxylation sites is 2. The standard InChI is InChI=1S/C69H66BN3/c1-66(2,3)46-30-28-45(29-31-46)53-22-16-18-25-60(53)71(49-20-13-12-14-21-49)52-38-40-58-64(44-52)73(51-37-39-55-54-23-15-17-24-56(54)69(10,11)57(55)43-51)63-27-19-26-62-65(63)70(58)59-42-48(68(7,8)9)34-41-61(59)72(62)50-35-32-47(33-36-50)67(4,5)6/h12-44H,1-11H3/i12D,13D,14D,20D,21D. The van der Waals surface area contributed by atoms with Crippen LogP contribution in [0.25, 0.3) is 22.3 Å². The van der Waals surface area contributed by atoms with Crippen LogP contribution in [0.3, 0.4) is 0 Å². The molecule has 0 bridgehead atoms. The fraction of sp³-hybridized carbons (Fsp3) is 0.217. The smallest absolute Gasteiger partial charge is 0.252 e. The average molecular weight is 953 g/mol. The molecule has 9 aromatic rings. The van der Waals surface area contributed by atoms with Gasteiger partial charge in [0.15, 0.2) is 0 Å². The summed E-state index contributed by atoms with van der Waals surface area (Å²) in [6, 6.07) is 59.9. The summed E-state index contributed by atoms with van der Waals surface area (Å²) in [6.45, 7) is 24.7. The Kier molecular flexibility index (Phi) is 9.40. The topological polar surface area (TPSA) is 9.72 Å². The molecule has 0 amide bonds. The van der Waals surface area contributed by atoms with Gasteiger partial charge in [-0.1, -0.05) is 203 Å². The first-order valence-electron chi connectivity index (χ1n) is 28.4. The van der Waals surface area contributed by atoms with Gasteiger partial charge in [0, 0.05) is 56.5 Å². The van der Waals surface area contributed by atoms with E-state index in [1.807, 2.05) is 23.1 Å². The fourth-order valence-electron chi connectivity index (χ4n) is 11.8. The van der Waals surface area contributed by atoms with Crippen LogP contribution >= 0.6 is 0 Å². The van der Waals surface area contributed by atoms with Crippen molar-refractivity contribution in [1.82, 2.24) is 0 Å². The molecule has 0 saturated heterocycles. The van der Waals surface area contributed by atoms with E-state index >= 15 is 0 Å². The van der Waals surface area contributed by atoms with E-state index in [9.17, 15) is 2.74 Å². The van der Waals surface area contributed by atoms with Crippen LogP contribution in [0.2, 0.25) is 0 Å². The van der Waals surface area contributed by atoms with Crippen LogP contribution in [0.1, 0.15) is 111 Å². The zero-order chi connectivity index (χ0) is 55.1. The highest BCUT2D eigenvalue weighted by atomic mass is 15.2. The molecule has 9 aromatic carbocycles. The van der Waals surface area contributed by atoms with Crippen molar-refractivity contribution < 1.29 is 6.85 Å². The molecule has 3 nitrogen and oxygen atoms in total. The van der Waals surface area contributed by atoms with E-state index in [-0.39, 0.29) is 46.1 Å². The predicted octanol–water partition coefficient (Wildman–Crippen LogP) is 17.1. The van der Waals surface area contributed by atoms with E-state index in [1.165, 1.54) is 49.9 Å². The zero-order valence-electron chi connectivity index (χ0n) is 49.1. The molecule has 2 heterocycles. The first-order valence-corrected chi connectivity index (χ1v) is 25.9. The molecule has 4 heteroatoms. The summed E-state index contributed by atoms with van der Waals surface area (Å²) in [7, 11) is 0. The monoisotopic (exact) mass is 953 g/mol. The van der Waals surface area contributed by atoms with Crippen LogP contribution in [0.15, 0.2) is 200 Å². The summed E-state index contributed by atoms with van der Waals surface area (Å²) in [5.41, 5.74) is 21.3. The second kappa shape index (κ2) is 16.8. The number of hydrogen-bond donors (Lipinski definition) is 0. The lowest BCUT2D eigenvalue weighted by atomic mass is 9.33. The molecule has 0 radical (unpaired) electrons. The number of fused-ring (bicyclic) bond motifs is 7. The molecule has 0 saturated carbocycles. The largest absolute Gasteiger partial charge is 0.311 e. The molecule has 0 spiro atoms. The number of benzene rings is 9. The van der Waals surface area contributed by atoms with Crippen molar-refractivity contribution >= 4 is 74.3 Å². The molecule has 0 atom stereocenters. The zero-order valence-corrected chi connectivity index (χ0v) is 44.1. The van der Waals surface area contributed by atoms with Gasteiger partial charge in [0.05, 0.1) is 12.5 Å². The molecule has 12 rings (SSSR count). The van der Waals surface area contributed by atoms with Crippen molar-refractivity contribution in [3.63, 3.8) is 0 Å². The van der Waals surface area contributed by atoms with Crippen LogP contribution < -0.4 is 31.1 Å². The minimum absolute atomic E-state index is 0.0102. The van der Waals surface area contributed by atoms with E-state index in [2.05, 4.69) is 238 Å². The molecule has 0 aromatic heterocycles. The molecule has 73 heavy (non-hydrogen) atoms. The van der Waals surface area contributed by atoms with E-state index in [1.54, 1.807) is 0 Å². The normalized spacial score (nSPS) is 15.2. The van der Waals surface area contributed by atoms with Gasteiger partial charge in [-0.2, -0.15) is 0 Å². The molecule has 360 valence electrons. The Morgan fingerprint density at radius 1 is 0.438 bits per heavy atom. The quantitative estimate of drug-likeness (QED) is 0.154. The van der Waals surface area contributed by atoms with Crippen molar-refractivity contribution in [2.75, 3.05) is 14.7 Å². The number of nitrogens with zero attached hydrogens (tertiary/aromatic N) is 3. The second-order valence-corrected chi connectivity index (χ2v) is 23.9. The number of anilines is 9. The molecular formula is C69H66BN3. The highest BCUT2D eigenvalue weighted by molar-refractivity contribution is 7.00. The highest BCUT2D eigenvalue weighted by Crippen LogP contribution is 2.52. The van der Waals surface area contributed by atoms with Crippen LogP contribution in [-0.4, -0.2) is 6.71 Å². The van der Waals surface area contributed by atoms with Gasteiger partial charge in [-0.25, -0.2) is 0 Å². The molecular weight excluding hydrogens is 882 g/mol. The van der Waals surface area contributed by atoms with Crippen LogP contribution in [0, 0.1) is 0 Å². The Bertz CT molecular complexity index is 3890. The van der Waals surface area contributed by atoms with E-state index in [0.717, 1.165) is 50.7 Å². The summed E-state index contributed by atoms with van der Waals surface area (Å²) in [5, 5.41) is 0. The minimum atomic E-state index is -0.435. The third-order valence-electron chi connectivity index (χ3n) is 15.8. The lowest BCUT2D eigenvalue weighted by Gasteiger charge is -2.45. The summed E-state index contributed by atoms with van der Waals surface area (Å²) >= 11 is 0. The Balaban J connectivity index is 1.16. The van der Waals surface area contributed by atoms with Crippen LogP contribution in [0.4, 0.5) is 51.2 Å². The fourth-order valence-corrected chi connectivity index (χ4v) is 11.8. The Labute approximate surface area is 441 Å². The third kappa shape index (κ3) is 7.63. The van der Waals surface area contributed by atoms with Gasteiger partial charge in [0.25, 0.3) is 6.71 Å². The van der Waals surface area contributed by atoms with Crippen LogP contribution in [-0.2, 0) is 21.7 Å². The van der Waals surface area contributed by atoms with Crippen molar-refractivity contribution in [3.05, 3.63) is 228 Å². The number of rotatable bonds is 6. The predicted molar refractivity (Wildman–Crippen MR) is 314 cm³/mol. The third-order valence-corrected chi connectivity index (χ3v) is 15.8. The van der Waals surface area contributed by atoms with Gasteiger partial charge in [-0.05, 0) is 150 Å². The van der Waals surface area contributed by atoms with Gasteiger partial charge < -0.3 is 14.7 Å². The molecule has 0 unspecified atom stereocenters. The van der Waals surface area contributed by atoms with Gasteiger partial charge in [-0.3, -0.25) is 0 Å². The lowest BCUT2D eigenvalue weighted by Crippen LogP contribution is -2.61. The van der Waals surface area contributed by atoms with Gasteiger partial charge in [0.1, 0.15) is 0 Å². The van der Waals surface area contributed by atoms with E-state index in [4.69, 9.17) is 4.11 Å². The van der Waals surface area contributed by atoms with Gasteiger partial charge in [-0.15, -0.1) is 0 Å². The maximum atomic E-state index is 9.61. The molecule has 0 N–H and O–H groups in total. The first-order chi connectivity index (χ1) is 36.9. The molecule has 1 aliphatic carbocycles. The molecule has 3 aliphatic rings. The molecule has 0 fully saturated rings. The average Bonchev–Trinajstić information content (AvgIpc) is 2.63. The van der Waals surface area contributed by atoms with Crippen LogP contribution in [0.5, 0.6) is 0 Å². The Morgan fingerprint density at radius 3 is 1.68 bits per heavy atom. The van der Waals surface area contributed by atoms with Crippen molar-refractivity contribution in [2.24, 2.45) is 0 Å². The SMILES string of the molecule is [2H]c1c([2H])c([2H])c(N(c2ccc3c(c2)N(c2ccc4c(c2)C(C)(C)c2ccccc2-4)c2cccc4c2B3c2cc(C(C)(C)C)ccc2N4c2ccc(C(C)(C)C)cc2)c2ccccc2-c2ccc(C(C)(C)C)cc2)c([2H])c1[2H]. The maximum absolute atomic E-state index is 9.61. The Morgan fingerprint density at radius 2 is 1.01 bits per heavy atom. The summed E-state index contributed by atoms with van der Waals surface area (Å²) in [5.74, 6) is 0. The first kappa shape index (κ1) is 41.0. The van der Waals surface area contributed by atoms with Gasteiger partial charge >= 0.3 is 0 Å². The summed E-state index contributed by atoms with van der Waals surface area (Å²) < 4.78 is 46.0. The summed E-state index contributed by atoms with van der Waals surface area (Å²) in [6.07, 6.45) is 0. The van der Waals surface area contributed by atoms with Gasteiger partial charge in [0.2, 0.25) is 0 Å². The van der Waals surface area contributed by atoms with Crippen molar-refractivity contribution in [2.45, 2.75) is 97.8 Å². The second-order valence-electron chi connectivity index (χ2n) is 23.9. The van der Waals surface area contributed by atoms with E-state index < -0.39 is 18.1 Å². The van der Waals surface area contributed by atoms with Crippen molar-refractivity contribution in [1.29, 1.82) is 0 Å². The Hall–Kier alpha value is -7.56. The van der Waals surface area contributed by atoms with E-state index in [0.29, 0.717) is 11.4 Å². The maximum Gasteiger partial charge on any atom is 0.252 e.